The standard InChI is InChI=1S/C10H9ClFN/c1-13-7-6-10(12)8-4-2-3-5-9(8)11/h2-5,10H,6-7H2. The first kappa shape index (κ1) is 10.0. The minimum absolute atomic E-state index is 0.201. The molecule has 1 rings (SSSR count). The van der Waals surface area contributed by atoms with Gasteiger partial charge in [-0.3, -0.25) is 0 Å². The predicted octanol–water partition coefficient (Wildman–Crippen LogP) is 3.66. The van der Waals surface area contributed by atoms with Crippen LogP contribution in [0.3, 0.4) is 0 Å². The Morgan fingerprint density at radius 3 is 2.77 bits per heavy atom. The van der Waals surface area contributed by atoms with Crippen molar-refractivity contribution in [2.24, 2.45) is 0 Å². The normalized spacial score (nSPS) is 12.1. The van der Waals surface area contributed by atoms with Gasteiger partial charge in [0, 0.05) is 10.6 Å². The number of nitrogens with zero attached hydrogens (tertiary/aromatic N) is 1. The Balaban J connectivity index is 2.72. The lowest BCUT2D eigenvalue weighted by atomic mass is 10.1. The Hall–Kier alpha value is -1.07. The first-order valence-electron chi connectivity index (χ1n) is 3.97. The van der Waals surface area contributed by atoms with Crippen LogP contribution in [0, 0.1) is 6.57 Å². The van der Waals surface area contributed by atoms with Gasteiger partial charge < -0.3 is 4.85 Å². The molecule has 0 amide bonds. The Labute approximate surface area is 82.0 Å². The van der Waals surface area contributed by atoms with Crippen molar-refractivity contribution in [3.63, 3.8) is 0 Å². The van der Waals surface area contributed by atoms with Gasteiger partial charge in [0.1, 0.15) is 6.17 Å². The minimum Gasteiger partial charge on any atom is -0.317 e. The molecule has 0 heterocycles. The van der Waals surface area contributed by atoms with Crippen molar-refractivity contribution in [1.82, 2.24) is 0 Å². The molecule has 0 radical (unpaired) electrons. The zero-order valence-corrected chi connectivity index (χ0v) is 7.76. The van der Waals surface area contributed by atoms with Crippen molar-refractivity contribution >= 4 is 11.6 Å². The summed E-state index contributed by atoms with van der Waals surface area (Å²) >= 11 is 5.78. The highest BCUT2D eigenvalue weighted by Gasteiger charge is 2.13. The van der Waals surface area contributed by atoms with Gasteiger partial charge >= 0.3 is 0 Å². The maximum atomic E-state index is 13.4. The highest BCUT2D eigenvalue weighted by Crippen LogP contribution is 2.27. The third kappa shape index (κ3) is 2.71. The van der Waals surface area contributed by atoms with E-state index in [1.165, 1.54) is 0 Å². The summed E-state index contributed by atoms with van der Waals surface area (Å²) in [5, 5.41) is 0.431. The van der Waals surface area contributed by atoms with Crippen molar-refractivity contribution in [2.45, 2.75) is 12.6 Å². The van der Waals surface area contributed by atoms with Crippen LogP contribution in [0.15, 0.2) is 24.3 Å². The largest absolute Gasteiger partial charge is 0.317 e. The molecule has 3 heteroatoms. The molecular formula is C10H9ClFN. The summed E-state index contributed by atoms with van der Waals surface area (Å²) in [6, 6.07) is 6.80. The lowest BCUT2D eigenvalue weighted by Gasteiger charge is -2.06. The molecule has 0 aliphatic carbocycles. The van der Waals surface area contributed by atoms with Gasteiger partial charge in [-0.15, -0.1) is 0 Å². The van der Waals surface area contributed by atoms with Gasteiger partial charge in [0.15, 0.2) is 0 Å². The van der Waals surface area contributed by atoms with Crippen LogP contribution in [0.2, 0.25) is 5.02 Å². The van der Waals surface area contributed by atoms with Crippen molar-refractivity contribution in [3.8, 4) is 0 Å². The van der Waals surface area contributed by atoms with Gasteiger partial charge in [0.25, 0.3) is 0 Å². The molecule has 0 fully saturated rings. The zero-order valence-electron chi connectivity index (χ0n) is 7.00. The van der Waals surface area contributed by atoms with Gasteiger partial charge in [0.2, 0.25) is 6.54 Å². The van der Waals surface area contributed by atoms with Crippen LogP contribution < -0.4 is 0 Å². The fourth-order valence-corrected chi connectivity index (χ4v) is 1.32. The second-order valence-electron chi connectivity index (χ2n) is 2.66. The number of hydrogen-bond donors (Lipinski definition) is 0. The predicted molar refractivity (Wildman–Crippen MR) is 51.4 cm³/mol. The van der Waals surface area contributed by atoms with E-state index >= 15 is 0 Å². The van der Waals surface area contributed by atoms with E-state index in [-0.39, 0.29) is 13.0 Å². The second-order valence-corrected chi connectivity index (χ2v) is 3.07. The molecule has 0 N–H and O–H groups in total. The SMILES string of the molecule is [C-]#[N+]CCC(F)c1ccccc1Cl. The number of halogens is 2. The smallest absolute Gasteiger partial charge is 0.217 e. The number of rotatable bonds is 3. The van der Waals surface area contributed by atoms with E-state index in [4.69, 9.17) is 18.2 Å². The summed E-state index contributed by atoms with van der Waals surface area (Å²) in [4.78, 5) is 3.10. The van der Waals surface area contributed by atoms with E-state index in [9.17, 15) is 4.39 Å². The van der Waals surface area contributed by atoms with E-state index in [2.05, 4.69) is 4.85 Å². The van der Waals surface area contributed by atoms with Gasteiger partial charge in [0.05, 0.1) is 6.42 Å². The van der Waals surface area contributed by atoms with E-state index in [0.717, 1.165) is 0 Å². The molecule has 0 aliphatic heterocycles. The summed E-state index contributed by atoms with van der Waals surface area (Å²) in [5.41, 5.74) is 0.479. The average Bonchev–Trinajstić information content (AvgIpc) is 2.15. The van der Waals surface area contributed by atoms with Crippen LogP contribution >= 0.6 is 11.6 Å². The fourth-order valence-electron chi connectivity index (χ4n) is 1.06. The number of hydrogen-bond acceptors (Lipinski definition) is 0. The van der Waals surface area contributed by atoms with Crippen molar-refractivity contribution in [1.29, 1.82) is 0 Å². The zero-order chi connectivity index (χ0) is 9.68. The van der Waals surface area contributed by atoms with E-state index in [1.807, 2.05) is 0 Å². The molecule has 1 nitrogen and oxygen atoms in total. The van der Waals surface area contributed by atoms with Gasteiger partial charge in [-0.1, -0.05) is 29.8 Å². The fraction of sp³-hybridized carbons (Fsp3) is 0.300. The van der Waals surface area contributed by atoms with Crippen LogP contribution in [0.25, 0.3) is 4.85 Å². The summed E-state index contributed by atoms with van der Waals surface area (Å²) in [6.07, 6.45) is -0.907. The molecule has 68 valence electrons. The lowest BCUT2D eigenvalue weighted by Crippen LogP contribution is -1.94. The van der Waals surface area contributed by atoms with Crippen LogP contribution in [-0.4, -0.2) is 6.54 Å². The molecule has 1 unspecified atom stereocenters. The molecule has 1 atom stereocenters. The Kier molecular flexibility index (Phi) is 3.72. The van der Waals surface area contributed by atoms with Crippen LogP contribution in [0.1, 0.15) is 18.2 Å². The molecule has 0 aromatic heterocycles. The third-order valence-corrected chi connectivity index (χ3v) is 2.08. The van der Waals surface area contributed by atoms with E-state index < -0.39 is 6.17 Å². The van der Waals surface area contributed by atoms with Crippen LogP contribution in [0.4, 0.5) is 4.39 Å². The minimum atomic E-state index is -1.12. The van der Waals surface area contributed by atoms with Gasteiger partial charge in [-0.2, -0.15) is 0 Å². The average molecular weight is 198 g/mol. The van der Waals surface area contributed by atoms with Crippen molar-refractivity contribution in [3.05, 3.63) is 46.3 Å². The molecule has 0 saturated heterocycles. The summed E-state index contributed by atoms with van der Waals surface area (Å²) < 4.78 is 13.4. The molecule has 13 heavy (non-hydrogen) atoms. The molecule has 0 saturated carbocycles. The van der Waals surface area contributed by atoms with Crippen molar-refractivity contribution in [2.75, 3.05) is 6.54 Å². The van der Waals surface area contributed by atoms with Crippen molar-refractivity contribution < 1.29 is 4.39 Å². The van der Waals surface area contributed by atoms with Crippen LogP contribution in [0.5, 0.6) is 0 Å². The highest BCUT2D eigenvalue weighted by atomic mass is 35.5. The monoisotopic (exact) mass is 197 g/mol. The van der Waals surface area contributed by atoms with E-state index in [0.29, 0.717) is 10.6 Å². The number of alkyl halides is 1. The molecular weight excluding hydrogens is 189 g/mol. The van der Waals surface area contributed by atoms with Crippen LogP contribution in [-0.2, 0) is 0 Å². The first-order valence-corrected chi connectivity index (χ1v) is 4.35. The van der Waals surface area contributed by atoms with Gasteiger partial charge in [-0.25, -0.2) is 11.0 Å². The maximum absolute atomic E-state index is 13.4. The molecule has 0 bridgehead atoms. The topological polar surface area (TPSA) is 4.36 Å². The Morgan fingerprint density at radius 1 is 1.46 bits per heavy atom. The molecule has 0 spiro atoms. The molecule has 1 aromatic rings. The maximum Gasteiger partial charge on any atom is 0.217 e. The second kappa shape index (κ2) is 4.84. The first-order chi connectivity index (χ1) is 6.25. The Morgan fingerprint density at radius 2 is 2.15 bits per heavy atom. The summed E-state index contributed by atoms with van der Waals surface area (Å²) in [7, 11) is 0. The molecule has 1 aromatic carbocycles. The van der Waals surface area contributed by atoms with E-state index in [1.54, 1.807) is 24.3 Å². The summed E-state index contributed by atoms with van der Waals surface area (Å²) in [6.45, 7) is 6.74. The number of benzene rings is 1. The summed E-state index contributed by atoms with van der Waals surface area (Å²) in [5.74, 6) is 0. The highest BCUT2D eigenvalue weighted by molar-refractivity contribution is 6.31. The lowest BCUT2D eigenvalue weighted by molar-refractivity contribution is 0.332. The Bertz CT molecular complexity index is 319. The molecule has 0 aliphatic rings. The quantitative estimate of drug-likeness (QED) is 0.652. The van der Waals surface area contributed by atoms with Gasteiger partial charge in [-0.05, 0) is 6.07 Å². The third-order valence-electron chi connectivity index (χ3n) is 1.74.